The molecule has 0 spiro atoms. The molecule has 4 aliphatic rings. The molecule has 2 fully saturated rings. The second kappa shape index (κ2) is 9.12. The lowest BCUT2D eigenvalue weighted by Crippen LogP contribution is -2.42. The highest BCUT2D eigenvalue weighted by Crippen LogP contribution is 2.37. The highest BCUT2D eigenvalue weighted by atomic mass is 19.1. The number of hydrogen-bond acceptors (Lipinski definition) is 8. The van der Waals surface area contributed by atoms with Crippen LogP contribution in [0.5, 0.6) is 0 Å². The van der Waals surface area contributed by atoms with Crippen molar-refractivity contribution in [2.45, 2.75) is 30.8 Å². The maximum Gasteiger partial charge on any atom is 0.257 e. The monoisotopic (exact) mass is 495 g/mol. The van der Waals surface area contributed by atoms with Gasteiger partial charge in [0.2, 0.25) is 0 Å². The van der Waals surface area contributed by atoms with Crippen LogP contribution in [0.15, 0.2) is 36.8 Å². The van der Waals surface area contributed by atoms with Crippen molar-refractivity contribution in [3.05, 3.63) is 42.4 Å². The topological polar surface area (TPSA) is 128 Å². The van der Waals surface area contributed by atoms with Gasteiger partial charge in [0.15, 0.2) is 5.65 Å². The van der Waals surface area contributed by atoms with Crippen LogP contribution < -0.4 is 10.6 Å². The molecule has 0 saturated carbocycles. The Morgan fingerprint density at radius 3 is 2.89 bits per heavy atom. The third kappa shape index (κ3) is 3.77. The fourth-order valence-electron chi connectivity index (χ4n) is 4.90. The average molecular weight is 496 g/mol. The maximum absolute atomic E-state index is 14.7. The minimum absolute atomic E-state index is 0.0709. The summed E-state index contributed by atoms with van der Waals surface area (Å²) in [6.07, 6.45) is 3.70. The van der Waals surface area contributed by atoms with E-state index in [-0.39, 0.29) is 31.4 Å². The van der Waals surface area contributed by atoms with Gasteiger partial charge >= 0.3 is 0 Å². The predicted molar refractivity (Wildman–Crippen MR) is 128 cm³/mol. The molecule has 4 atom stereocenters. The van der Waals surface area contributed by atoms with Crippen LogP contribution in [-0.4, -0.2) is 87.0 Å². The number of carbonyl (C=O) groups excluding carboxylic acids is 1. The van der Waals surface area contributed by atoms with Gasteiger partial charge < -0.3 is 29.8 Å². The van der Waals surface area contributed by atoms with E-state index in [1.165, 1.54) is 6.20 Å². The third-order valence-electron chi connectivity index (χ3n) is 6.83. The first-order chi connectivity index (χ1) is 17.5. The highest BCUT2D eigenvalue weighted by molar-refractivity contribution is 6.00. The van der Waals surface area contributed by atoms with E-state index < -0.39 is 24.2 Å². The first-order valence-electron chi connectivity index (χ1n) is 11.9. The largest absolute Gasteiger partial charge is 0.388 e. The van der Waals surface area contributed by atoms with Crippen LogP contribution in [0, 0.1) is 0 Å². The Morgan fingerprint density at radius 2 is 2.11 bits per heavy atom. The summed E-state index contributed by atoms with van der Waals surface area (Å²) >= 11 is 0. The van der Waals surface area contributed by atoms with Crippen LogP contribution in [0.2, 0.25) is 0 Å². The van der Waals surface area contributed by atoms with Crippen LogP contribution in [0.1, 0.15) is 22.8 Å². The Labute approximate surface area is 205 Å². The smallest absolute Gasteiger partial charge is 0.257 e. The number of anilines is 1. The number of pyridine rings is 1. The Bertz CT molecular complexity index is 1390. The molecule has 2 unspecified atom stereocenters. The molecular formula is C24H26FN7O4. The summed E-state index contributed by atoms with van der Waals surface area (Å²) in [5.41, 5.74) is 2.80. The lowest BCUT2D eigenvalue weighted by atomic mass is 10.0. The van der Waals surface area contributed by atoms with Crippen molar-refractivity contribution in [2.75, 3.05) is 38.8 Å². The van der Waals surface area contributed by atoms with Gasteiger partial charge in [-0.2, -0.15) is 9.61 Å². The molecule has 36 heavy (non-hydrogen) atoms. The summed E-state index contributed by atoms with van der Waals surface area (Å²) in [7, 11) is 1.76. The SMILES string of the molecule is CNc1cc(-c2cnc3n([C@@H]4CCOC[C@@H]4F)cccc2-3)nc2c(C(=O)NC3COCC3O)cnn12. The number of amides is 1. The predicted octanol–water partition coefficient (Wildman–Crippen LogP) is 1.53. The minimum Gasteiger partial charge on any atom is -0.388 e. The van der Waals surface area contributed by atoms with E-state index in [1.54, 1.807) is 17.8 Å². The molecule has 6 rings (SSSR count). The standard InChI is InChI=1S/C24H26FN7O4/c1-26-21-7-17(29-23-15(9-28-32(21)23)24(34)30-18-11-36-12-20(18)33)14-8-27-22-13(14)3-2-5-31(22)19-4-6-35-10-16(19)25/h2-3,5,7-9,16,18-20,26,33H,4,6,10-12H2,1H3,(H,30,34)/t16-,18?,19+,20?/m0/s1. The number of rotatable bonds is 5. The maximum atomic E-state index is 14.7. The van der Waals surface area contributed by atoms with Gasteiger partial charge in [0.1, 0.15) is 23.4 Å². The second-order valence-corrected chi connectivity index (χ2v) is 9.03. The molecule has 12 heteroatoms. The van der Waals surface area contributed by atoms with E-state index in [1.807, 2.05) is 29.0 Å². The van der Waals surface area contributed by atoms with Crippen molar-refractivity contribution < 1.29 is 23.8 Å². The number of aromatic nitrogens is 5. The number of halogens is 1. The van der Waals surface area contributed by atoms with Crippen LogP contribution >= 0.6 is 0 Å². The number of carbonyl (C=O) groups is 1. The van der Waals surface area contributed by atoms with Crippen molar-refractivity contribution in [1.29, 1.82) is 0 Å². The van der Waals surface area contributed by atoms with Gasteiger partial charge in [0.25, 0.3) is 5.91 Å². The lowest BCUT2D eigenvalue weighted by Gasteiger charge is -2.29. The highest BCUT2D eigenvalue weighted by Gasteiger charge is 2.31. The molecule has 0 aliphatic carbocycles. The summed E-state index contributed by atoms with van der Waals surface area (Å²) in [4.78, 5) is 22.4. The Morgan fingerprint density at radius 1 is 1.22 bits per heavy atom. The normalized spacial score (nSPS) is 24.4. The van der Waals surface area contributed by atoms with Crippen molar-refractivity contribution in [1.82, 2.24) is 29.5 Å². The molecule has 3 N–H and O–H groups in total. The molecule has 2 aromatic rings. The van der Waals surface area contributed by atoms with Crippen molar-refractivity contribution >= 4 is 17.4 Å². The zero-order valence-corrected chi connectivity index (χ0v) is 19.6. The Balaban J connectivity index is 1.39. The molecule has 2 saturated heterocycles. The van der Waals surface area contributed by atoms with Crippen LogP contribution in [-0.2, 0) is 9.47 Å². The van der Waals surface area contributed by atoms with Crippen molar-refractivity contribution in [3.8, 4) is 22.6 Å². The Hall–Kier alpha value is -3.61. The first kappa shape index (κ1) is 22.8. The number of hydrogen-bond donors (Lipinski definition) is 3. The number of nitrogens with one attached hydrogen (secondary N) is 2. The number of aliphatic hydroxyl groups excluding tert-OH is 1. The number of alkyl halides is 1. The summed E-state index contributed by atoms with van der Waals surface area (Å²) < 4.78 is 28.6. The molecule has 0 aromatic carbocycles. The summed E-state index contributed by atoms with van der Waals surface area (Å²) in [5.74, 6) is 0.893. The molecule has 6 heterocycles. The van der Waals surface area contributed by atoms with E-state index in [9.17, 15) is 14.3 Å². The van der Waals surface area contributed by atoms with Crippen molar-refractivity contribution in [3.63, 3.8) is 0 Å². The number of aliphatic hydroxyl groups is 1. The zero-order valence-electron chi connectivity index (χ0n) is 19.6. The molecule has 2 aromatic heterocycles. The first-order valence-corrected chi connectivity index (χ1v) is 11.9. The fourth-order valence-corrected chi connectivity index (χ4v) is 4.90. The van der Waals surface area contributed by atoms with Gasteiger partial charge in [0.05, 0.1) is 49.9 Å². The molecule has 0 bridgehead atoms. The van der Waals surface area contributed by atoms with Gasteiger partial charge in [-0.1, -0.05) is 0 Å². The van der Waals surface area contributed by atoms with E-state index in [0.29, 0.717) is 36.0 Å². The quantitative estimate of drug-likeness (QED) is 0.380. The van der Waals surface area contributed by atoms with Crippen LogP contribution in [0.25, 0.3) is 28.3 Å². The van der Waals surface area contributed by atoms with E-state index in [0.717, 1.165) is 11.1 Å². The third-order valence-corrected chi connectivity index (χ3v) is 6.83. The minimum atomic E-state index is -1.11. The van der Waals surface area contributed by atoms with Gasteiger partial charge in [-0.05, 0) is 18.6 Å². The zero-order chi connectivity index (χ0) is 24.8. The number of nitrogens with zero attached hydrogens (tertiary/aromatic N) is 5. The number of fused-ring (bicyclic) bond motifs is 2. The summed E-state index contributed by atoms with van der Waals surface area (Å²) in [5, 5.41) is 20.2. The second-order valence-electron chi connectivity index (χ2n) is 9.03. The molecule has 0 radical (unpaired) electrons. The van der Waals surface area contributed by atoms with Crippen LogP contribution in [0.4, 0.5) is 10.2 Å². The molecule has 1 amide bonds. The molecular weight excluding hydrogens is 469 g/mol. The van der Waals surface area contributed by atoms with Gasteiger partial charge in [-0.3, -0.25) is 4.79 Å². The molecule has 4 aliphatic heterocycles. The fraction of sp³-hybridized carbons (Fsp3) is 0.417. The summed E-state index contributed by atoms with van der Waals surface area (Å²) in [6, 6.07) is 4.78. The lowest BCUT2D eigenvalue weighted by molar-refractivity contribution is 0.00346. The van der Waals surface area contributed by atoms with E-state index >= 15 is 0 Å². The number of ether oxygens (including phenoxy) is 2. The van der Waals surface area contributed by atoms with E-state index in [4.69, 9.17) is 14.5 Å². The van der Waals surface area contributed by atoms with Gasteiger partial charge in [-0.25, -0.2) is 14.4 Å². The van der Waals surface area contributed by atoms with Crippen molar-refractivity contribution in [2.24, 2.45) is 0 Å². The van der Waals surface area contributed by atoms with Gasteiger partial charge in [-0.15, -0.1) is 0 Å². The Kier molecular flexibility index (Phi) is 5.78. The van der Waals surface area contributed by atoms with Gasteiger partial charge in [0, 0.05) is 43.2 Å². The molecule has 11 nitrogen and oxygen atoms in total. The average Bonchev–Trinajstić information content (AvgIpc) is 3.62. The summed E-state index contributed by atoms with van der Waals surface area (Å²) in [6.45, 7) is 0.994. The van der Waals surface area contributed by atoms with Crippen LogP contribution in [0.3, 0.4) is 0 Å². The van der Waals surface area contributed by atoms with E-state index in [2.05, 4.69) is 20.7 Å². The molecule has 188 valence electrons.